The number of hydrogen-bond donors (Lipinski definition) is 0. The van der Waals surface area contributed by atoms with E-state index in [4.69, 9.17) is 12.3 Å². The van der Waals surface area contributed by atoms with E-state index < -0.39 is 31.4 Å². The predicted molar refractivity (Wildman–Crippen MR) is 466 cm³/mol. The third-order valence-electron chi connectivity index (χ3n) is 21.9. The molecular weight excluding hydrogens is 1950 g/mol. The van der Waals surface area contributed by atoms with Crippen molar-refractivity contribution in [3.05, 3.63) is 434 Å². The minimum atomic E-state index is -2.09. The van der Waals surface area contributed by atoms with Crippen molar-refractivity contribution in [2.45, 2.75) is 145 Å². The van der Waals surface area contributed by atoms with Crippen molar-refractivity contribution in [3.63, 3.8) is 0 Å². The van der Waals surface area contributed by atoms with Gasteiger partial charge >= 0.3 is 0 Å². The van der Waals surface area contributed by atoms with Crippen molar-refractivity contribution in [3.8, 4) is 67.5 Å². The number of hydrogen-bond acceptors (Lipinski definition) is 6. The quantitative estimate of drug-likeness (QED) is 0.113. The summed E-state index contributed by atoms with van der Waals surface area (Å²) in [5.41, 5.74) is 19.3. The molecule has 3 aliphatic carbocycles. The normalized spacial score (nSPS) is 21.6. The van der Waals surface area contributed by atoms with Crippen molar-refractivity contribution >= 4 is 0 Å². The van der Waals surface area contributed by atoms with Crippen LogP contribution >= 0.6 is 0 Å². The van der Waals surface area contributed by atoms with Crippen LogP contribution in [-0.2, 0) is 76.6 Å². The fourth-order valence-electron chi connectivity index (χ4n) is 14.8. The predicted octanol–water partition coefficient (Wildman–Crippen LogP) is 26.7. The van der Waals surface area contributed by atoms with Crippen LogP contribution in [0.4, 0.5) is 0 Å². The molecule has 9 aromatic carbocycles. The van der Waals surface area contributed by atoms with Crippen LogP contribution in [0, 0.1) is 50.1 Å². The molecular formula is C107H100Ir3N6-6. The minimum Gasteiger partial charge on any atom is -0.305 e. The molecule has 3 saturated carbocycles. The van der Waals surface area contributed by atoms with Crippen molar-refractivity contribution in [1.82, 2.24) is 29.9 Å². The molecule has 116 heavy (non-hydrogen) atoms. The van der Waals surface area contributed by atoms with Gasteiger partial charge in [0.2, 0.25) is 0 Å². The molecule has 15 aromatic rings. The number of aryl methyl sites for hydroxylation is 2. The summed E-state index contributed by atoms with van der Waals surface area (Å²) in [6.07, 6.45) is 22.0. The summed E-state index contributed by atoms with van der Waals surface area (Å²) in [7, 11) is 0. The van der Waals surface area contributed by atoms with Crippen LogP contribution in [0.5, 0.6) is 0 Å². The summed E-state index contributed by atoms with van der Waals surface area (Å²) < 4.78 is 70.5. The molecule has 0 spiro atoms. The van der Waals surface area contributed by atoms with E-state index in [1.165, 1.54) is 29.0 Å². The molecule has 0 aliphatic heterocycles. The SMILES string of the molecule is [2H]C([2H])([2H])c1c[c-]c(-c2ccccn2)cc1.[2H]C([2H])([2H])c1ccc(-c2[c-]cccc2)nc1.[2H]C1(c2ccc(-c3[c-]cccc3)nc2)CCC(C)(c2ccccc2)CC1.[2H]C1(c2ccc(-c3[c-]cccc3)nc2)CCC(C)(c2ccccc2)CC1.[2H]C1(c2ccc(-c3[c-]cccc3)nc2)CCC(C)(c2ccccc2)CC1.[Ir].[Ir].[Ir].[c-]1ccccc1-c1ccccn1. The first-order valence-corrected chi connectivity index (χ1v) is 39.1. The number of benzene rings is 9. The molecule has 3 fully saturated rings. The molecule has 0 N–H and O–H groups in total. The number of rotatable bonds is 12. The van der Waals surface area contributed by atoms with Crippen molar-refractivity contribution in [1.29, 1.82) is 0 Å². The molecule has 3 radical (unpaired) electrons. The molecule has 0 atom stereocenters. The third-order valence-corrected chi connectivity index (χ3v) is 21.9. The van der Waals surface area contributed by atoms with Gasteiger partial charge in [-0.1, -0.05) is 191 Å². The second-order valence-corrected chi connectivity index (χ2v) is 29.6. The smallest absolute Gasteiger partial charge is 0.0353 e. The summed E-state index contributed by atoms with van der Waals surface area (Å²) in [6, 6.07) is 122. The Morgan fingerprint density at radius 1 is 0.267 bits per heavy atom. The maximum absolute atomic E-state index is 9.03. The van der Waals surface area contributed by atoms with Gasteiger partial charge in [0, 0.05) is 110 Å². The Morgan fingerprint density at radius 2 is 0.534 bits per heavy atom. The third kappa shape index (κ3) is 24.9. The van der Waals surface area contributed by atoms with Gasteiger partial charge in [-0.2, -0.15) is 0 Å². The largest absolute Gasteiger partial charge is 0.305 e. The Labute approximate surface area is 743 Å². The summed E-state index contributed by atoms with van der Waals surface area (Å²) in [5, 5.41) is 0. The first-order valence-electron chi connectivity index (χ1n) is 43.6. The van der Waals surface area contributed by atoms with Gasteiger partial charge in [0.15, 0.2) is 0 Å². The molecule has 591 valence electrons. The molecule has 0 amide bonds. The van der Waals surface area contributed by atoms with E-state index in [-0.39, 0.29) is 82.1 Å². The first-order chi connectivity index (χ1) is 58.9. The second-order valence-electron chi connectivity index (χ2n) is 29.6. The van der Waals surface area contributed by atoms with Crippen LogP contribution in [0.15, 0.2) is 353 Å². The summed E-state index contributed by atoms with van der Waals surface area (Å²) in [5.74, 6) is -1.58. The Kier molecular flexibility index (Phi) is 29.3. The van der Waals surface area contributed by atoms with Gasteiger partial charge in [0.25, 0.3) is 0 Å². The molecule has 6 nitrogen and oxygen atoms in total. The van der Waals surface area contributed by atoms with E-state index in [2.05, 4.69) is 196 Å². The van der Waals surface area contributed by atoms with Crippen LogP contribution in [0.1, 0.15) is 172 Å². The van der Waals surface area contributed by atoms with E-state index in [1.807, 2.05) is 188 Å². The second kappa shape index (κ2) is 44.8. The van der Waals surface area contributed by atoms with Gasteiger partial charge in [-0.3, -0.25) is 0 Å². The molecule has 18 rings (SSSR count). The van der Waals surface area contributed by atoms with Crippen LogP contribution in [0.25, 0.3) is 67.5 Å². The first kappa shape index (κ1) is 75.8. The Morgan fingerprint density at radius 3 is 0.767 bits per heavy atom. The van der Waals surface area contributed by atoms with Gasteiger partial charge in [-0.25, -0.2) is 0 Å². The zero-order chi connectivity index (χ0) is 85.5. The van der Waals surface area contributed by atoms with E-state index in [0.29, 0.717) is 5.56 Å². The van der Waals surface area contributed by atoms with Gasteiger partial charge in [0.1, 0.15) is 0 Å². The number of nitrogens with zero attached hydrogens (tertiary/aromatic N) is 6. The van der Waals surface area contributed by atoms with Gasteiger partial charge in [-0.05, 0) is 203 Å². The molecule has 0 saturated heterocycles. The summed E-state index contributed by atoms with van der Waals surface area (Å²) >= 11 is 0. The molecule has 9 heteroatoms. The Balaban J connectivity index is 0.000000159. The Hall–Kier alpha value is -10.2. The van der Waals surface area contributed by atoms with Crippen LogP contribution in [-0.4, -0.2) is 29.9 Å². The number of aromatic nitrogens is 6. The monoisotopic (exact) mass is 2060 g/mol. The topological polar surface area (TPSA) is 77.3 Å². The van der Waals surface area contributed by atoms with Crippen LogP contribution < -0.4 is 0 Å². The van der Waals surface area contributed by atoms with Gasteiger partial charge < -0.3 is 29.9 Å². The molecule has 3 aliphatic rings. The van der Waals surface area contributed by atoms with Crippen molar-refractivity contribution in [2.24, 2.45) is 0 Å². The molecule has 6 heterocycles. The zero-order valence-corrected chi connectivity index (χ0v) is 72.8. The van der Waals surface area contributed by atoms with E-state index in [0.717, 1.165) is 161 Å². The average molecular weight is 2060 g/mol. The van der Waals surface area contributed by atoms with Gasteiger partial charge in [0.05, 0.1) is 0 Å². The van der Waals surface area contributed by atoms with E-state index in [9.17, 15) is 0 Å². The summed E-state index contributed by atoms with van der Waals surface area (Å²) in [4.78, 5) is 26.3. The van der Waals surface area contributed by atoms with Crippen LogP contribution in [0.2, 0.25) is 0 Å². The standard InChI is InChI=1S/3C24H24N.2C12H10N.C11H8N.3Ir/c3*1-24(22-10-6-3-7-11-22)16-14-19(15-17-24)21-12-13-23(25-18-21)20-8-4-2-5-9-20;1-10-5-7-11(8-6-10)12-4-2-3-9-13-12;1-10-7-8-12(13-9-10)11-5-3-2-4-6-11;1-2-6-10(7-3-1)11-8-4-5-9-12-11;;;/h3*2-8,10-13,18-19H,14-17H2,1H3;2-7,9H,1H3;2-5,7-9H,1H3;1-6,8-9H;;;/q6*-1;;;/i3*19D;2*1D3;;;;. The maximum atomic E-state index is 9.03. The maximum Gasteiger partial charge on any atom is 0.0353 e. The van der Waals surface area contributed by atoms with E-state index in [1.54, 1.807) is 42.7 Å². The molecule has 6 aromatic heterocycles. The van der Waals surface area contributed by atoms with Gasteiger partial charge in [-0.15, -0.1) is 215 Å². The fraction of sp³-hybridized carbons (Fsp3) is 0.215. The van der Waals surface area contributed by atoms with Crippen molar-refractivity contribution < 1.29 is 72.7 Å². The van der Waals surface area contributed by atoms with Crippen LogP contribution in [0.3, 0.4) is 0 Å². The molecule has 0 bridgehead atoms. The van der Waals surface area contributed by atoms with Crippen molar-refractivity contribution in [2.75, 3.05) is 0 Å². The minimum absolute atomic E-state index is 0. The molecule has 0 unspecified atom stereocenters. The Bertz CT molecular complexity index is 5140. The van der Waals surface area contributed by atoms with E-state index >= 15 is 0 Å². The average Bonchev–Trinajstić information content (AvgIpc) is 0.784. The summed E-state index contributed by atoms with van der Waals surface area (Å²) in [6.45, 7) is 2.86. The fourth-order valence-corrected chi connectivity index (χ4v) is 14.8. The zero-order valence-electron chi connectivity index (χ0n) is 74.7. The number of pyridine rings is 6.